The maximum Gasteiger partial charge on any atom is 0.407 e. The molecule has 16 heteroatoms. The highest BCUT2D eigenvalue weighted by molar-refractivity contribution is 7.89. The number of guanidine groups is 1. The van der Waals surface area contributed by atoms with Crippen molar-refractivity contribution in [2.75, 3.05) is 53.7 Å². The molecule has 0 spiro atoms. The summed E-state index contributed by atoms with van der Waals surface area (Å²) in [6.07, 6.45) is 0.603. The summed E-state index contributed by atoms with van der Waals surface area (Å²) in [7, 11) is -0.710. The Hall–Kier alpha value is -4.14. The number of aliphatic hydroxyl groups excluding tert-OH is 1. The van der Waals surface area contributed by atoms with Gasteiger partial charge in [0, 0.05) is 45.7 Å². The van der Waals surface area contributed by atoms with Crippen LogP contribution in [-0.4, -0.2) is 123 Å². The molecule has 3 heterocycles. The molecule has 0 aromatic heterocycles. The van der Waals surface area contributed by atoms with Crippen molar-refractivity contribution in [1.29, 1.82) is 5.26 Å². The number of carbonyl (C=O) groups is 1. The first-order valence-corrected chi connectivity index (χ1v) is 18.5. The largest absolute Gasteiger partial charge is 0.465 e. The van der Waals surface area contributed by atoms with Crippen molar-refractivity contribution in [3.05, 3.63) is 54.1 Å². The molecule has 2 saturated heterocycles. The number of hydrogen-bond acceptors (Lipinski definition) is 10. The number of rotatable bonds is 15. The molecule has 0 aliphatic carbocycles. The Morgan fingerprint density at radius 1 is 1.14 bits per heavy atom. The van der Waals surface area contributed by atoms with E-state index in [1.165, 1.54) is 27.4 Å². The minimum absolute atomic E-state index is 0.0116. The van der Waals surface area contributed by atoms with Crippen molar-refractivity contribution in [3.63, 3.8) is 0 Å². The van der Waals surface area contributed by atoms with Crippen LogP contribution in [0.25, 0.3) is 0 Å². The maximum absolute atomic E-state index is 14.5. The van der Waals surface area contributed by atoms with E-state index in [-0.39, 0.29) is 43.7 Å². The van der Waals surface area contributed by atoms with Gasteiger partial charge in [-0.25, -0.2) is 13.2 Å². The number of amides is 1. The topological polar surface area (TPSA) is 186 Å². The van der Waals surface area contributed by atoms with Crippen LogP contribution in [0.2, 0.25) is 0 Å². The van der Waals surface area contributed by atoms with Crippen molar-refractivity contribution < 1.29 is 42.4 Å². The molecule has 3 aliphatic rings. The van der Waals surface area contributed by atoms with Gasteiger partial charge < -0.3 is 34.1 Å². The van der Waals surface area contributed by atoms with Crippen LogP contribution < -0.4 is 14.8 Å². The van der Waals surface area contributed by atoms with Crippen molar-refractivity contribution in [2.24, 2.45) is 16.3 Å². The van der Waals surface area contributed by atoms with Gasteiger partial charge in [0.15, 0.2) is 24.0 Å². The van der Waals surface area contributed by atoms with E-state index in [0.717, 1.165) is 5.56 Å². The molecule has 15 nitrogen and oxygen atoms in total. The van der Waals surface area contributed by atoms with Gasteiger partial charge in [0.2, 0.25) is 22.8 Å². The summed E-state index contributed by atoms with van der Waals surface area (Å²) >= 11 is 0. The number of fused-ring (bicyclic) bond motifs is 2. The van der Waals surface area contributed by atoms with E-state index in [0.29, 0.717) is 49.9 Å². The summed E-state index contributed by atoms with van der Waals surface area (Å²) < 4.78 is 52.6. The highest BCUT2D eigenvalue weighted by atomic mass is 32.2. The standard InChI is InChI=1S/C35H48N6O9S/c1-35(2,14-8-15-37-33(38-22-36)39(3)4)21-40(51(45,46)25-11-12-30-31(18-25)50-23-49-30)19-29(42)27(17-24-9-6-5-7-10-24)41(34(43)44)28-20-48-32-26(28)13-16-47-32/h5-7,9-12,18,26-29,32,42H,8,13-17,19-21,23H2,1-4H3,(H,37,38)(H,43,44)/t26-,27-,28-,29+,32+/m0/s1. The van der Waals surface area contributed by atoms with Gasteiger partial charge in [-0.15, -0.1) is 0 Å². The molecule has 2 aromatic rings. The lowest BCUT2D eigenvalue weighted by Gasteiger charge is -2.40. The summed E-state index contributed by atoms with van der Waals surface area (Å²) in [5.41, 5.74) is 0.189. The number of nitrogens with zero attached hydrogens (tertiary/aromatic N) is 5. The zero-order valence-corrected chi connectivity index (χ0v) is 30.3. The number of carboxylic acid groups (broad SMARTS) is 1. The Labute approximate surface area is 299 Å². The van der Waals surface area contributed by atoms with Crippen molar-refractivity contribution in [2.45, 2.75) is 68.9 Å². The predicted molar refractivity (Wildman–Crippen MR) is 186 cm³/mol. The number of nitrogens with one attached hydrogen (secondary N) is 1. The van der Waals surface area contributed by atoms with Crippen molar-refractivity contribution in [1.82, 2.24) is 19.4 Å². The van der Waals surface area contributed by atoms with Crippen LogP contribution in [0.1, 0.15) is 38.7 Å². The third kappa shape index (κ3) is 9.21. The van der Waals surface area contributed by atoms with E-state index in [4.69, 9.17) is 24.2 Å². The first kappa shape index (κ1) is 38.1. The molecular formula is C35H48N6O9S. The fourth-order valence-corrected chi connectivity index (χ4v) is 8.60. The molecule has 5 rings (SSSR count). The fourth-order valence-electron chi connectivity index (χ4n) is 6.94. The predicted octanol–water partition coefficient (Wildman–Crippen LogP) is 2.91. The summed E-state index contributed by atoms with van der Waals surface area (Å²) in [6, 6.07) is 12.0. The minimum Gasteiger partial charge on any atom is -0.465 e. The quantitative estimate of drug-likeness (QED) is 0.0802. The highest BCUT2D eigenvalue weighted by Crippen LogP contribution is 2.38. The van der Waals surface area contributed by atoms with E-state index in [9.17, 15) is 23.4 Å². The second-order valence-electron chi connectivity index (χ2n) is 14.0. The van der Waals surface area contributed by atoms with Crippen LogP contribution in [0.5, 0.6) is 11.5 Å². The lowest BCUT2D eigenvalue weighted by molar-refractivity contribution is -0.0906. The van der Waals surface area contributed by atoms with Gasteiger partial charge in [0.05, 0.1) is 36.3 Å². The molecule has 0 unspecified atom stereocenters. The Bertz CT molecular complexity index is 1680. The molecule has 51 heavy (non-hydrogen) atoms. The molecule has 0 bridgehead atoms. The molecule has 3 N–H and O–H groups in total. The molecule has 2 fully saturated rings. The minimum atomic E-state index is -4.25. The van der Waals surface area contributed by atoms with Gasteiger partial charge >= 0.3 is 6.09 Å². The Kier molecular flexibility index (Phi) is 12.3. The lowest BCUT2D eigenvalue weighted by Crippen LogP contribution is -2.58. The van der Waals surface area contributed by atoms with E-state index < -0.39 is 46.0 Å². The first-order chi connectivity index (χ1) is 24.3. The summed E-state index contributed by atoms with van der Waals surface area (Å²) in [6.45, 7) is 4.42. The van der Waals surface area contributed by atoms with Crippen molar-refractivity contribution in [3.8, 4) is 17.7 Å². The molecule has 0 radical (unpaired) electrons. The fraction of sp³-hybridized carbons (Fsp3) is 0.571. The first-order valence-electron chi connectivity index (χ1n) is 17.0. The Morgan fingerprint density at radius 3 is 2.59 bits per heavy atom. The van der Waals surface area contributed by atoms with Crippen LogP contribution in [0.4, 0.5) is 4.79 Å². The highest BCUT2D eigenvalue weighted by Gasteiger charge is 2.49. The van der Waals surface area contributed by atoms with Crippen LogP contribution >= 0.6 is 0 Å². The average molecular weight is 729 g/mol. The number of nitriles is 1. The summed E-state index contributed by atoms with van der Waals surface area (Å²) in [5.74, 6) is 0.932. The SMILES string of the molecule is CN(C)C(=NCCCC(C)(C)CN(C[C@@H](O)[C@H](Cc1ccccc1)N(C(=O)O)[C@H]1CO[C@H]2OCC[C@H]21)S(=O)(=O)c1ccc2c(c1)OCO2)NC#N. The number of aliphatic hydroxyl groups is 1. The van der Waals surface area contributed by atoms with Gasteiger partial charge in [0.1, 0.15) is 0 Å². The second-order valence-corrected chi connectivity index (χ2v) is 16.0. The van der Waals surface area contributed by atoms with E-state index in [1.54, 1.807) is 19.0 Å². The van der Waals surface area contributed by atoms with Crippen molar-refractivity contribution >= 4 is 22.1 Å². The van der Waals surface area contributed by atoms with Gasteiger partial charge in [-0.3, -0.25) is 15.2 Å². The zero-order valence-electron chi connectivity index (χ0n) is 29.5. The third-order valence-electron chi connectivity index (χ3n) is 9.52. The number of sulfonamides is 1. The number of hydrogen-bond donors (Lipinski definition) is 3. The van der Waals surface area contributed by atoms with Gasteiger partial charge in [-0.2, -0.15) is 9.57 Å². The molecule has 0 saturated carbocycles. The van der Waals surface area contributed by atoms with Crippen LogP contribution in [0.15, 0.2) is 58.4 Å². The number of benzene rings is 2. The van der Waals surface area contributed by atoms with Crippen LogP contribution in [0, 0.1) is 22.8 Å². The second kappa shape index (κ2) is 16.5. The van der Waals surface area contributed by atoms with Crippen LogP contribution in [0.3, 0.4) is 0 Å². The molecule has 1 amide bonds. The number of ether oxygens (including phenoxy) is 4. The monoisotopic (exact) mass is 728 g/mol. The Morgan fingerprint density at radius 2 is 1.88 bits per heavy atom. The molecule has 5 atom stereocenters. The molecule has 2 aromatic carbocycles. The van der Waals surface area contributed by atoms with Crippen LogP contribution in [-0.2, 0) is 25.9 Å². The molecule has 278 valence electrons. The summed E-state index contributed by atoms with van der Waals surface area (Å²) in [4.78, 5) is 20.4. The van der Waals surface area contributed by atoms with E-state index in [1.807, 2.05) is 50.4 Å². The van der Waals surface area contributed by atoms with Gasteiger partial charge in [-0.05, 0) is 48.8 Å². The average Bonchev–Trinajstić information content (AvgIpc) is 3.84. The van der Waals surface area contributed by atoms with Gasteiger partial charge in [0.25, 0.3) is 0 Å². The smallest absolute Gasteiger partial charge is 0.407 e. The third-order valence-corrected chi connectivity index (χ3v) is 11.3. The zero-order chi connectivity index (χ0) is 36.8. The normalized spacial score (nSPS) is 21.2. The lowest BCUT2D eigenvalue weighted by atomic mass is 9.87. The molecular weight excluding hydrogens is 680 g/mol. The Balaban J connectivity index is 1.45. The van der Waals surface area contributed by atoms with Gasteiger partial charge in [-0.1, -0.05) is 44.2 Å². The van der Waals surface area contributed by atoms with E-state index in [2.05, 4.69) is 10.3 Å². The maximum atomic E-state index is 14.5. The number of aliphatic imine (C=N–C) groups is 1. The molecule has 3 aliphatic heterocycles. The van der Waals surface area contributed by atoms with E-state index >= 15 is 0 Å². The summed E-state index contributed by atoms with van der Waals surface area (Å²) in [5, 5.41) is 34.4.